The molecule has 0 aliphatic rings. The van der Waals surface area contributed by atoms with Crippen molar-refractivity contribution in [3.63, 3.8) is 0 Å². The van der Waals surface area contributed by atoms with Gasteiger partial charge in [-0.2, -0.15) is 8.42 Å². The number of benzene rings is 2. The Balaban J connectivity index is 2.90. The molecule has 0 aliphatic heterocycles. The highest BCUT2D eigenvalue weighted by Gasteiger charge is 2.18. The summed E-state index contributed by atoms with van der Waals surface area (Å²) >= 11 is -2.40. The Morgan fingerprint density at radius 2 is 1.86 bits per heavy atom. The highest BCUT2D eigenvalue weighted by Crippen LogP contribution is 2.36. The number of rotatable bonds is 3. The van der Waals surface area contributed by atoms with Crippen molar-refractivity contribution in [3.05, 3.63) is 24.3 Å². The maximum atomic E-state index is 11.3. The molecule has 0 saturated heterocycles. The van der Waals surface area contributed by atoms with E-state index in [4.69, 9.17) is 9.11 Å². The van der Waals surface area contributed by atoms with Crippen LogP contribution >= 0.6 is 0 Å². The Hall–Kier alpha value is -2.01. The van der Waals surface area contributed by atoms with Gasteiger partial charge in [0.05, 0.1) is 15.5 Å². The van der Waals surface area contributed by atoms with Crippen LogP contribution in [0.2, 0.25) is 0 Å². The largest absolute Gasteiger partial charge is 0.507 e. The summed E-state index contributed by atoms with van der Waals surface area (Å²) in [5.74, 6) is -0.941. The monoisotopic (exact) mass is 345 g/mol. The Labute approximate surface area is 127 Å². The van der Waals surface area contributed by atoms with Gasteiger partial charge in [0.25, 0.3) is 10.1 Å². The van der Waals surface area contributed by atoms with Crippen molar-refractivity contribution in [1.29, 1.82) is 0 Å². The molecule has 0 spiro atoms. The van der Waals surface area contributed by atoms with Gasteiger partial charge in [0, 0.05) is 12.3 Å². The maximum absolute atomic E-state index is 11.3. The topological polar surface area (TPSA) is 141 Å². The van der Waals surface area contributed by atoms with Crippen molar-refractivity contribution in [2.45, 2.75) is 16.7 Å². The number of phenols is 1. The summed E-state index contributed by atoms with van der Waals surface area (Å²) in [4.78, 5) is 10.5. The Bertz CT molecular complexity index is 905. The van der Waals surface area contributed by atoms with Crippen LogP contribution in [0.15, 0.2) is 34.1 Å². The lowest BCUT2D eigenvalue weighted by Crippen LogP contribution is -2.08. The molecule has 118 valence electrons. The van der Waals surface area contributed by atoms with Crippen LogP contribution in [0.3, 0.4) is 0 Å². The van der Waals surface area contributed by atoms with E-state index in [-0.39, 0.29) is 21.4 Å². The fourth-order valence-electron chi connectivity index (χ4n) is 1.98. The first-order valence-corrected chi connectivity index (χ1v) is 8.31. The van der Waals surface area contributed by atoms with Gasteiger partial charge in [0.1, 0.15) is 5.75 Å². The summed E-state index contributed by atoms with van der Waals surface area (Å²) < 4.78 is 51.9. The van der Waals surface area contributed by atoms with E-state index in [1.165, 1.54) is 13.0 Å². The third-order valence-electron chi connectivity index (χ3n) is 2.79. The molecule has 0 aromatic heterocycles. The maximum Gasteiger partial charge on any atom is 0.294 e. The number of fused-ring (bicyclic) bond motifs is 1. The van der Waals surface area contributed by atoms with Crippen LogP contribution in [0, 0.1) is 0 Å². The molecular weight excluding hydrogens is 334 g/mol. The van der Waals surface area contributed by atoms with Gasteiger partial charge in [-0.15, -0.1) is 0 Å². The van der Waals surface area contributed by atoms with E-state index in [9.17, 15) is 22.5 Å². The first kappa shape index (κ1) is 16.4. The van der Waals surface area contributed by atoms with Crippen LogP contribution in [0.1, 0.15) is 6.92 Å². The predicted octanol–water partition coefficient (Wildman–Crippen LogP) is 1.33. The number of nitrogens with one attached hydrogen (secondary N) is 1. The lowest BCUT2D eigenvalue weighted by atomic mass is 10.1. The number of aromatic hydroxyl groups is 1. The van der Waals surface area contributed by atoms with Gasteiger partial charge < -0.3 is 15.0 Å². The molecule has 0 radical (unpaired) electrons. The van der Waals surface area contributed by atoms with Gasteiger partial charge in [-0.3, -0.25) is 9.35 Å². The van der Waals surface area contributed by atoms with Gasteiger partial charge in [0.2, 0.25) is 5.91 Å². The lowest BCUT2D eigenvalue weighted by molar-refractivity contribution is -0.114. The van der Waals surface area contributed by atoms with Crippen molar-refractivity contribution in [2.75, 3.05) is 5.32 Å². The predicted molar refractivity (Wildman–Crippen MR) is 78.8 cm³/mol. The Kier molecular flexibility index (Phi) is 4.20. The molecule has 2 aromatic rings. The molecule has 2 aromatic carbocycles. The highest BCUT2D eigenvalue weighted by molar-refractivity contribution is 7.85. The molecule has 22 heavy (non-hydrogen) atoms. The van der Waals surface area contributed by atoms with E-state index in [0.29, 0.717) is 0 Å². The molecule has 10 heteroatoms. The molecule has 1 unspecified atom stereocenters. The second-order valence-electron chi connectivity index (χ2n) is 4.42. The van der Waals surface area contributed by atoms with E-state index in [0.717, 1.165) is 18.2 Å². The SMILES string of the molecule is CC(=O)Nc1cc(S(=O)(=O)O)cc2cc(S(=O)O)cc(O)c12. The number of amides is 1. The summed E-state index contributed by atoms with van der Waals surface area (Å²) in [6.45, 7) is 1.18. The molecule has 1 amide bonds. The standard InChI is InChI=1S/C12H11NO7S2/c1-6(14)13-10-5-9(22(18,19)20)3-7-2-8(21(16)17)4-11(15)12(7)10/h2-5,15H,1H3,(H,13,14)(H,16,17)(H,18,19,20). The smallest absolute Gasteiger partial charge is 0.294 e. The zero-order valence-electron chi connectivity index (χ0n) is 11.1. The van der Waals surface area contributed by atoms with Crippen LogP contribution < -0.4 is 5.32 Å². The van der Waals surface area contributed by atoms with Crippen molar-refractivity contribution in [3.8, 4) is 5.75 Å². The summed E-state index contributed by atoms with van der Waals surface area (Å²) in [5.41, 5.74) is -0.0506. The number of anilines is 1. The summed E-state index contributed by atoms with van der Waals surface area (Å²) in [7, 11) is -4.57. The molecule has 8 nitrogen and oxygen atoms in total. The summed E-state index contributed by atoms with van der Waals surface area (Å²) in [6, 6.07) is 4.20. The number of phenolic OH excluding ortho intramolecular Hbond substituents is 1. The molecule has 0 aliphatic carbocycles. The van der Waals surface area contributed by atoms with Gasteiger partial charge >= 0.3 is 0 Å². The molecule has 0 heterocycles. The Morgan fingerprint density at radius 3 is 2.36 bits per heavy atom. The lowest BCUT2D eigenvalue weighted by Gasteiger charge is -2.12. The van der Waals surface area contributed by atoms with E-state index in [1.807, 2.05) is 0 Å². The van der Waals surface area contributed by atoms with Gasteiger partial charge in [-0.1, -0.05) is 0 Å². The molecule has 0 saturated carbocycles. The highest BCUT2D eigenvalue weighted by atomic mass is 32.2. The normalized spacial score (nSPS) is 13.0. The van der Waals surface area contributed by atoms with Crippen LogP contribution in [0.5, 0.6) is 5.75 Å². The van der Waals surface area contributed by atoms with Gasteiger partial charge in [-0.25, -0.2) is 4.21 Å². The zero-order chi connectivity index (χ0) is 16.7. The number of hydrogen-bond acceptors (Lipinski definition) is 5. The average molecular weight is 345 g/mol. The van der Waals surface area contributed by atoms with Crippen LogP contribution in [-0.4, -0.2) is 32.7 Å². The molecule has 1 atom stereocenters. The van der Waals surface area contributed by atoms with Gasteiger partial charge in [0.15, 0.2) is 11.1 Å². The number of carbonyl (C=O) groups is 1. The van der Waals surface area contributed by atoms with E-state index < -0.39 is 37.8 Å². The van der Waals surface area contributed by atoms with Crippen molar-refractivity contribution in [1.82, 2.24) is 0 Å². The molecule has 0 fully saturated rings. The third-order valence-corrected chi connectivity index (χ3v) is 4.26. The summed E-state index contributed by atoms with van der Waals surface area (Å²) in [6.07, 6.45) is 0. The quantitative estimate of drug-likeness (QED) is 0.486. The third kappa shape index (κ3) is 3.25. The molecule has 2 rings (SSSR count). The Morgan fingerprint density at radius 1 is 1.23 bits per heavy atom. The number of carbonyl (C=O) groups excluding carboxylic acids is 1. The fraction of sp³-hybridized carbons (Fsp3) is 0.0833. The molecular formula is C12H11NO7S2. The minimum Gasteiger partial charge on any atom is -0.507 e. The second-order valence-corrected chi connectivity index (χ2v) is 6.81. The van der Waals surface area contributed by atoms with Crippen LogP contribution in [0.4, 0.5) is 5.69 Å². The van der Waals surface area contributed by atoms with E-state index >= 15 is 0 Å². The first-order chi connectivity index (χ1) is 10.1. The minimum atomic E-state index is -4.57. The number of hydrogen-bond donors (Lipinski definition) is 4. The fourth-order valence-corrected chi connectivity index (χ4v) is 2.96. The van der Waals surface area contributed by atoms with Crippen molar-refractivity contribution >= 4 is 43.6 Å². The van der Waals surface area contributed by atoms with E-state index in [2.05, 4.69) is 5.32 Å². The van der Waals surface area contributed by atoms with Gasteiger partial charge in [-0.05, 0) is 29.7 Å². The minimum absolute atomic E-state index is 0.0506. The van der Waals surface area contributed by atoms with Crippen molar-refractivity contribution < 1.29 is 31.6 Å². The zero-order valence-corrected chi connectivity index (χ0v) is 12.7. The van der Waals surface area contributed by atoms with Crippen LogP contribution in [-0.2, 0) is 26.0 Å². The average Bonchev–Trinajstić information content (AvgIpc) is 2.35. The van der Waals surface area contributed by atoms with Crippen molar-refractivity contribution in [2.24, 2.45) is 0 Å². The van der Waals surface area contributed by atoms with E-state index in [1.54, 1.807) is 0 Å². The summed E-state index contributed by atoms with van der Waals surface area (Å²) in [5, 5.41) is 12.5. The molecule has 0 bridgehead atoms. The molecule has 4 N–H and O–H groups in total. The first-order valence-electron chi connectivity index (χ1n) is 5.76. The second kappa shape index (κ2) is 5.65. The van der Waals surface area contributed by atoms with Crippen LogP contribution in [0.25, 0.3) is 10.8 Å².